The van der Waals surface area contributed by atoms with E-state index in [1.54, 1.807) is 0 Å². The van der Waals surface area contributed by atoms with Gasteiger partial charge in [0.15, 0.2) is 0 Å². The molecule has 0 saturated heterocycles. The van der Waals surface area contributed by atoms with Crippen LogP contribution in [0.3, 0.4) is 0 Å². The monoisotopic (exact) mass is 448 g/mol. The van der Waals surface area contributed by atoms with Crippen molar-refractivity contribution in [2.45, 2.75) is 76.4 Å². The van der Waals surface area contributed by atoms with Crippen LogP contribution in [0.5, 0.6) is 0 Å². The Labute approximate surface area is 197 Å². The van der Waals surface area contributed by atoms with Gasteiger partial charge < -0.3 is 15.0 Å². The van der Waals surface area contributed by atoms with Crippen LogP contribution in [0, 0.1) is 0 Å². The molecule has 33 heavy (non-hydrogen) atoms. The molecule has 2 aliphatic rings. The third-order valence-electron chi connectivity index (χ3n) is 6.79. The molecular weight excluding hydrogens is 412 g/mol. The van der Waals surface area contributed by atoms with Crippen LogP contribution in [0.2, 0.25) is 0 Å². The van der Waals surface area contributed by atoms with Crippen molar-refractivity contribution in [2.75, 3.05) is 18.0 Å². The Hall–Kier alpha value is -2.66. The van der Waals surface area contributed by atoms with Gasteiger partial charge >= 0.3 is 5.97 Å². The van der Waals surface area contributed by atoms with Gasteiger partial charge in [-0.1, -0.05) is 67.8 Å². The molecule has 1 amide bonds. The molecule has 2 aromatic rings. The topological polar surface area (TPSA) is 58.6 Å². The number of rotatable bonds is 7. The molecular formula is C28H36N2O3. The summed E-state index contributed by atoms with van der Waals surface area (Å²) in [5, 5.41) is 3.23. The van der Waals surface area contributed by atoms with Crippen LogP contribution in [0.4, 0.5) is 5.69 Å². The van der Waals surface area contributed by atoms with Gasteiger partial charge in [0.2, 0.25) is 5.91 Å². The SMILES string of the molecule is CC(C)(C)OC(=O)CNCCC(c1ccccc1)N1C(=O)C2(CCCCC2)c2ccccc21. The van der Waals surface area contributed by atoms with E-state index in [2.05, 4.69) is 35.6 Å². The first kappa shape index (κ1) is 23.5. The molecule has 1 aliphatic carbocycles. The predicted octanol–water partition coefficient (Wildman–Crippen LogP) is 5.30. The van der Waals surface area contributed by atoms with Crippen LogP contribution in [0.1, 0.15) is 76.5 Å². The second kappa shape index (κ2) is 9.68. The van der Waals surface area contributed by atoms with E-state index in [1.807, 2.05) is 49.9 Å². The highest BCUT2D eigenvalue weighted by molar-refractivity contribution is 6.08. The Morgan fingerprint density at radius 3 is 2.39 bits per heavy atom. The van der Waals surface area contributed by atoms with Gasteiger partial charge in [-0.05, 0) is 63.8 Å². The Kier molecular flexibility index (Phi) is 6.89. The Bertz CT molecular complexity index is 974. The van der Waals surface area contributed by atoms with Gasteiger partial charge in [-0.15, -0.1) is 0 Å². The number of esters is 1. The quantitative estimate of drug-likeness (QED) is 0.461. The summed E-state index contributed by atoms with van der Waals surface area (Å²) in [7, 11) is 0. The molecule has 1 saturated carbocycles. The molecule has 0 radical (unpaired) electrons. The maximum absolute atomic E-state index is 14.1. The van der Waals surface area contributed by atoms with Gasteiger partial charge in [-0.2, -0.15) is 0 Å². The summed E-state index contributed by atoms with van der Waals surface area (Å²) in [4.78, 5) is 28.2. The molecule has 5 nitrogen and oxygen atoms in total. The summed E-state index contributed by atoms with van der Waals surface area (Å²) in [6, 6.07) is 18.5. The van der Waals surface area contributed by atoms with Gasteiger partial charge in [-0.3, -0.25) is 9.59 Å². The summed E-state index contributed by atoms with van der Waals surface area (Å²) < 4.78 is 5.40. The first-order chi connectivity index (χ1) is 15.8. The average molecular weight is 449 g/mol. The van der Waals surface area contributed by atoms with Crippen molar-refractivity contribution < 1.29 is 14.3 Å². The lowest BCUT2D eigenvalue weighted by molar-refractivity contribution is -0.153. The number of amides is 1. The minimum absolute atomic E-state index is 0.0905. The Balaban J connectivity index is 1.57. The molecule has 1 spiro atoms. The largest absolute Gasteiger partial charge is 0.459 e. The lowest BCUT2D eigenvalue weighted by atomic mass is 9.70. The molecule has 0 aromatic heterocycles. The van der Waals surface area contributed by atoms with Crippen LogP contribution in [0.15, 0.2) is 54.6 Å². The zero-order chi connectivity index (χ0) is 23.5. The molecule has 1 aliphatic heterocycles. The number of hydrogen-bond donors (Lipinski definition) is 1. The van der Waals surface area contributed by atoms with E-state index >= 15 is 0 Å². The second-order valence-corrected chi connectivity index (χ2v) is 10.3. The van der Waals surface area contributed by atoms with Crippen LogP contribution >= 0.6 is 0 Å². The van der Waals surface area contributed by atoms with Gasteiger partial charge in [0.25, 0.3) is 0 Å². The van der Waals surface area contributed by atoms with E-state index in [-0.39, 0.29) is 29.9 Å². The van der Waals surface area contributed by atoms with Crippen LogP contribution < -0.4 is 10.2 Å². The van der Waals surface area contributed by atoms with Gasteiger partial charge in [0, 0.05) is 5.69 Å². The number of anilines is 1. The zero-order valence-electron chi connectivity index (χ0n) is 20.1. The minimum Gasteiger partial charge on any atom is -0.459 e. The van der Waals surface area contributed by atoms with Crippen molar-refractivity contribution in [3.63, 3.8) is 0 Å². The molecule has 1 atom stereocenters. The zero-order valence-corrected chi connectivity index (χ0v) is 20.1. The van der Waals surface area contributed by atoms with Crippen LogP contribution in [0.25, 0.3) is 0 Å². The van der Waals surface area contributed by atoms with Gasteiger partial charge in [-0.25, -0.2) is 0 Å². The number of carbonyl (C=O) groups excluding carboxylic acids is 2. The number of ether oxygens (including phenoxy) is 1. The molecule has 176 valence electrons. The highest BCUT2D eigenvalue weighted by atomic mass is 16.6. The molecule has 1 N–H and O–H groups in total. The fraction of sp³-hybridized carbons (Fsp3) is 0.500. The number of fused-ring (bicyclic) bond motifs is 2. The number of hydrogen-bond acceptors (Lipinski definition) is 4. The number of para-hydroxylation sites is 1. The number of nitrogens with zero attached hydrogens (tertiary/aromatic N) is 1. The molecule has 1 unspecified atom stereocenters. The number of nitrogens with one attached hydrogen (secondary N) is 1. The summed E-state index contributed by atoms with van der Waals surface area (Å²) in [5.74, 6) is -0.0214. The van der Waals surface area contributed by atoms with E-state index in [0.29, 0.717) is 13.0 Å². The van der Waals surface area contributed by atoms with Crippen molar-refractivity contribution in [3.8, 4) is 0 Å². The first-order valence-corrected chi connectivity index (χ1v) is 12.2. The van der Waals surface area contributed by atoms with Gasteiger partial charge in [0.1, 0.15) is 5.60 Å². The molecule has 1 fully saturated rings. The minimum atomic E-state index is -0.495. The second-order valence-electron chi connectivity index (χ2n) is 10.3. The van der Waals surface area contributed by atoms with Crippen molar-refractivity contribution in [2.24, 2.45) is 0 Å². The maximum Gasteiger partial charge on any atom is 0.320 e. The Morgan fingerprint density at radius 2 is 1.70 bits per heavy atom. The molecule has 0 bridgehead atoms. The summed E-state index contributed by atoms with van der Waals surface area (Å²) in [6.07, 6.45) is 5.97. The third-order valence-corrected chi connectivity index (χ3v) is 6.79. The highest BCUT2D eigenvalue weighted by Gasteiger charge is 2.52. The fourth-order valence-electron chi connectivity index (χ4n) is 5.42. The summed E-state index contributed by atoms with van der Waals surface area (Å²) >= 11 is 0. The molecule has 4 rings (SSSR count). The van der Waals surface area contributed by atoms with E-state index in [1.165, 1.54) is 12.0 Å². The van der Waals surface area contributed by atoms with E-state index in [0.717, 1.165) is 36.9 Å². The number of benzene rings is 2. The first-order valence-electron chi connectivity index (χ1n) is 12.2. The van der Waals surface area contributed by atoms with Crippen LogP contribution in [-0.4, -0.2) is 30.6 Å². The smallest absolute Gasteiger partial charge is 0.320 e. The Morgan fingerprint density at radius 1 is 1.03 bits per heavy atom. The van der Waals surface area contributed by atoms with Crippen LogP contribution in [-0.2, 0) is 19.7 Å². The lowest BCUT2D eigenvalue weighted by Gasteiger charge is -2.35. The summed E-state index contributed by atoms with van der Waals surface area (Å²) in [5.41, 5.74) is 2.48. The third kappa shape index (κ3) is 4.98. The maximum atomic E-state index is 14.1. The number of carbonyl (C=O) groups is 2. The van der Waals surface area contributed by atoms with E-state index < -0.39 is 5.60 Å². The average Bonchev–Trinajstić information content (AvgIpc) is 3.02. The molecule has 2 aromatic carbocycles. The van der Waals surface area contributed by atoms with E-state index in [9.17, 15) is 9.59 Å². The normalized spacial score (nSPS) is 18.3. The highest BCUT2D eigenvalue weighted by Crippen LogP contribution is 2.52. The van der Waals surface area contributed by atoms with Crippen molar-refractivity contribution in [1.29, 1.82) is 0 Å². The summed E-state index contributed by atoms with van der Waals surface area (Å²) in [6.45, 7) is 6.38. The van der Waals surface area contributed by atoms with E-state index in [4.69, 9.17) is 4.74 Å². The van der Waals surface area contributed by atoms with Crippen molar-refractivity contribution >= 4 is 17.6 Å². The molecule has 5 heteroatoms. The lowest BCUT2D eigenvalue weighted by Crippen LogP contribution is -2.44. The standard InChI is InChI=1S/C28H36N2O3/c1-27(2,3)33-25(31)20-29-19-16-23(21-12-6-4-7-13-21)30-24-15-9-8-14-22(24)28(26(30)32)17-10-5-11-18-28/h4,6-9,12-15,23,29H,5,10-11,16-20H2,1-3H3. The van der Waals surface area contributed by atoms with Crippen molar-refractivity contribution in [1.82, 2.24) is 5.32 Å². The van der Waals surface area contributed by atoms with Gasteiger partial charge in [0.05, 0.1) is 18.0 Å². The van der Waals surface area contributed by atoms with Crippen molar-refractivity contribution in [3.05, 3.63) is 65.7 Å². The molecule has 1 heterocycles. The predicted molar refractivity (Wildman–Crippen MR) is 131 cm³/mol. The fourth-order valence-corrected chi connectivity index (χ4v) is 5.42.